The molecule has 2 aromatic rings. The van der Waals surface area contributed by atoms with Crippen molar-refractivity contribution in [2.45, 2.75) is 50.7 Å². The number of urea groups is 1. The van der Waals surface area contributed by atoms with Crippen LogP contribution in [0, 0.1) is 11.6 Å². The first-order valence-corrected chi connectivity index (χ1v) is 11.3. The Labute approximate surface area is 185 Å². The summed E-state index contributed by atoms with van der Waals surface area (Å²) >= 11 is 0. The summed E-state index contributed by atoms with van der Waals surface area (Å²) in [7, 11) is 0. The normalized spacial score (nSPS) is 21.5. The maximum Gasteiger partial charge on any atom is 0.320 e. The number of anilines is 1. The SMILES string of the molecule is O=C(N1CCc2cnc(NC3CCOCC3)nc2C1)N1CCCC1c1cc(F)ccc1F. The number of hydrogen-bond donors (Lipinski definition) is 1. The van der Waals surface area contributed by atoms with Gasteiger partial charge in [0.2, 0.25) is 5.95 Å². The zero-order chi connectivity index (χ0) is 22.1. The third kappa shape index (κ3) is 4.26. The number of amides is 2. The minimum absolute atomic E-state index is 0.153. The lowest BCUT2D eigenvalue weighted by atomic mass is 10.0. The lowest BCUT2D eigenvalue weighted by Crippen LogP contribution is -2.45. The molecule has 2 amide bonds. The summed E-state index contributed by atoms with van der Waals surface area (Å²) in [4.78, 5) is 25.9. The van der Waals surface area contributed by atoms with Gasteiger partial charge in [-0.05, 0) is 55.9 Å². The topological polar surface area (TPSA) is 70.6 Å². The van der Waals surface area contributed by atoms with Gasteiger partial charge < -0.3 is 19.9 Å². The number of hydrogen-bond acceptors (Lipinski definition) is 5. The maximum absolute atomic E-state index is 14.4. The number of rotatable bonds is 3. The van der Waals surface area contributed by atoms with Crippen molar-refractivity contribution in [3.05, 3.63) is 52.9 Å². The highest BCUT2D eigenvalue weighted by Crippen LogP contribution is 2.35. The predicted molar refractivity (Wildman–Crippen MR) is 114 cm³/mol. The quantitative estimate of drug-likeness (QED) is 0.784. The Hall–Kier alpha value is -2.81. The van der Waals surface area contributed by atoms with Crippen molar-refractivity contribution in [3.63, 3.8) is 0 Å². The molecule has 7 nitrogen and oxygen atoms in total. The Kier molecular flexibility index (Phi) is 5.91. The number of carbonyl (C=O) groups is 1. The molecule has 0 radical (unpaired) electrons. The van der Waals surface area contributed by atoms with E-state index in [9.17, 15) is 13.6 Å². The van der Waals surface area contributed by atoms with Gasteiger partial charge in [-0.15, -0.1) is 0 Å². The van der Waals surface area contributed by atoms with Crippen LogP contribution in [0.25, 0.3) is 0 Å². The minimum atomic E-state index is -0.492. The van der Waals surface area contributed by atoms with Gasteiger partial charge in [-0.1, -0.05) is 0 Å². The van der Waals surface area contributed by atoms with Crippen LogP contribution in [-0.4, -0.2) is 58.1 Å². The van der Waals surface area contributed by atoms with Crippen molar-refractivity contribution in [2.75, 3.05) is 31.6 Å². The molecule has 3 aliphatic rings. The van der Waals surface area contributed by atoms with E-state index in [2.05, 4.69) is 15.3 Å². The van der Waals surface area contributed by atoms with E-state index in [0.29, 0.717) is 38.4 Å². The third-order valence-electron chi connectivity index (χ3n) is 6.59. The first-order valence-electron chi connectivity index (χ1n) is 11.3. The summed E-state index contributed by atoms with van der Waals surface area (Å²) in [6.45, 7) is 2.93. The number of likely N-dealkylation sites (tertiary alicyclic amines) is 1. The number of aromatic nitrogens is 2. The zero-order valence-corrected chi connectivity index (χ0v) is 17.9. The number of nitrogens with zero attached hydrogens (tertiary/aromatic N) is 4. The molecule has 1 unspecified atom stereocenters. The molecular formula is C23H27F2N5O2. The number of halogens is 2. The predicted octanol–water partition coefficient (Wildman–Crippen LogP) is 3.66. The van der Waals surface area contributed by atoms with Crippen LogP contribution in [0.3, 0.4) is 0 Å². The van der Waals surface area contributed by atoms with E-state index in [1.807, 2.05) is 6.20 Å². The van der Waals surface area contributed by atoms with Crippen molar-refractivity contribution in [1.82, 2.24) is 19.8 Å². The molecule has 170 valence electrons. The van der Waals surface area contributed by atoms with Crippen LogP contribution in [0.15, 0.2) is 24.4 Å². The molecule has 1 N–H and O–H groups in total. The highest BCUT2D eigenvalue weighted by Gasteiger charge is 2.35. The molecular weight excluding hydrogens is 416 g/mol. The van der Waals surface area contributed by atoms with E-state index >= 15 is 0 Å². The van der Waals surface area contributed by atoms with Gasteiger partial charge in [-0.3, -0.25) is 0 Å². The van der Waals surface area contributed by atoms with E-state index < -0.39 is 17.7 Å². The largest absolute Gasteiger partial charge is 0.381 e. The molecule has 0 aliphatic carbocycles. The van der Waals surface area contributed by atoms with Crippen LogP contribution in [0.4, 0.5) is 19.5 Å². The van der Waals surface area contributed by atoms with Crippen LogP contribution in [0.1, 0.15) is 48.5 Å². The second-order valence-corrected chi connectivity index (χ2v) is 8.67. The molecule has 2 fully saturated rings. The first kappa shape index (κ1) is 21.1. The van der Waals surface area contributed by atoms with E-state index in [0.717, 1.165) is 55.9 Å². The Balaban J connectivity index is 1.30. The van der Waals surface area contributed by atoms with Gasteiger partial charge in [-0.2, -0.15) is 0 Å². The molecule has 1 aromatic heterocycles. The lowest BCUT2D eigenvalue weighted by molar-refractivity contribution is 0.0903. The molecule has 9 heteroatoms. The molecule has 1 atom stereocenters. The van der Waals surface area contributed by atoms with Gasteiger partial charge in [-0.25, -0.2) is 23.5 Å². The average Bonchev–Trinajstić information content (AvgIpc) is 3.30. The van der Waals surface area contributed by atoms with Crippen LogP contribution in [0.2, 0.25) is 0 Å². The van der Waals surface area contributed by atoms with Gasteiger partial charge in [0.1, 0.15) is 11.6 Å². The summed E-state index contributed by atoms with van der Waals surface area (Å²) in [6, 6.07) is 3.13. The van der Waals surface area contributed by atoms with Crippen LogP contribution in [-0.2, 0) is 17.7 Å². The Morgan fingerprint density at radius 3 is 2.84 bits per heavy atom. The Morgan fingerprint density at radius 2 is 2.00 bits per heavy atom. The number of fused-ring (bicyclic) bond motifs is 1. The van der Waals surface area contributed by atoms with E-state index in [1.165, 1.54) is 6.07 Å². The van der Waals surface area contributed by atoms with Gasteiger partial charge in [0, 0.05) is 44.1 Å². The van der Waals surface area contributed by atoms with Crippen molar-refractivity contribution in [2.24, 2.45) is 0 Å². The molecule has 0 bridgehead atoms. The van der Waals surface area contributed by atoms with Crippen molar-refractivity contribution in [1.29, 1.82) is 0 Å². The van der Waals surface area contributed by atoms with E-state index in [-0.39, 0.29) is 17.6 Å². The number of carbonyl (C=O) groups excluding carboxylic acids is 1. The van der Waals surface area contributed by atoms with Crippen molar-refractivity contribution in [3.8, 4) is 0 Å². The first-order chi connectivity index (χ1) is 15.6. The summed E-state index contributed by atoms with van der Waals surface area (Å²) in [6.07, 6.45) is 5.73. The zero-order valence-electron chi connectivity index (χ0n) is 17.9. The molecule has 2 saturated heterocycles. The average molecular weight is 443 g/mol. The lowest BCUT2D eigenvalue weighted by Gasteiger charge is -2.34. The van der Waals surface area contributed by atoms with Gasteiger partial charge in [0.05, 0.1) is 18.3 Å². The minimum Gasteiger partial charge on any atom is -0.381 e. The fourth-order valence-electron chi connectivity index (χ4n) is 4.83. The molecule has 3 aliphatic heterocycles. The highest BCUT2D eigenvalue weighted by atomic mass is 19.1. The molecule has 4 heterocycles. The molecule has 5 rings (SSSR count). The second kappa shape index (κ2) is 8.97. The Bertz CT molecular complexity index is 998. The van der Waals surface area contributed by atoms with E-state index in [4.69, 9.17) is 4.74 Å². The van der Waals surface area contributed by atoms with Crippen LogP contribution < -0.4 is 5.32 Å². The number of nitrogens with one attached hydrogen (secondary N) is 1. The molecule has 0 spiro atoms. The van der Waals surface area contributed by atoms with Crippen molar-refractivity contribution < 1.29 is 18.3 Å². The Morgan fingerprint density at radius 1 is 1.16 bits per heavy atom. The fraction of sp³-hybridized carbons (Fsp3) is 0.522. The van der Waals surface area contributed by atoms with Gasteiger partial charge in [0.25, 0.3) is 0 Å². The van der Waals surface area contributed by atoms with Gasteiger partial charge in [0.15, 0.2) is 0 Å². The monoisotopic (exact) mass is 443 g/mol. The molecule has 0 saturated carbocycles. The summed E-state index contributed by atoms with van der Waals surface area (Å²) in [5.74, 6) is -0.392. The summed E-state index contributed by atoms with van der Waals surface area (Å²) in [5.41, 5.74) is 2.13. The maximum atomic E-state index is 14.4. The highest BCUT2D eigenvalue weighted by molar-refractivity contribution is 5.75. The van der Waals surface area contributed by atoms with Crippen molar-refractivity contribution >= 4 is 12.0 Å². The van der Waals surface area contributed by atoms with E-state index in [1.54, 1.807) is 9.80 Å². The summed E-state index contributed by atoms with van der Waals surface area (Å²) in [5, 5.41) is 3.38. The van der Waals surface area contributed by atoms with Crippen LogP contribution >= 0.6 is 0 Å². The molecule has 32 heavy (non-hydrogen) atoms. The smallest absolute Gasteiger partial charge is 0.320 e. The van der Waals surface area contributed by atoms with Gasteiger partial charge >= 0.3 is 6.03 Å². The number of benzene rings is 1. The third-order valence-corrected chi connectivity index (χ3v) is 6.59. The van der Waals surface area contributed by atoms with Crippen LogP contribution in [0.5, 0.6) is 0 Å². The second-order valence-electron chi connectivity index (χ2n) is 8.67. The standard InChI is InChI=1S/C23H27F2N5O2/c24-16-3-4-19(25)18(12-16)21-2-1-8-30(21)23(31)29-9-5-15-13-26-22(28-20(15)14-29)27-17-6-10-32-11-7-17/h3-4,12-13,17,21H,1-2,5-11,14H2,(H,26,27,28). The number of ether oxygens (including phenoxy) is 1. The summed E-state index contributed by atoms with van der Waals surface area (Å²) < 4.78 is 33.5. The fourth-order valence-corrected chi connectivity index (χ4v) is 4.83. The molecule has 1 aromatic carbocycles.